The molecule has 3 heteroatoms. The Bertz CT molecular complexity index is 7020. The zero-order valence-electron chi connectivity index (χ0n) is 72.6. The SMILES string of the molecule is C(=C(c1ccccc1)c1ccccc1)c1ccc(-c2ccc(CC(c3ccccc3)c3ccccc3)cc2)cc1.[2H]P.[BiH2].[V].c1ccc(-c2cc(-c3ccccc3)c3ccc4c(-c5ccccc5)cc(-c5ccccc5)c5ccc2c3c54)cc1.c1ccc(-c2ccc(-c3ccccc3)cc2)cc1.c1ccc2c(-c3c4ccccc4cc4ccccc34)c3ccccc3cc2c1. The van der Waals surface area contributed by atoms with Gasteiger partial charge in [0.1, 0.15) is 0 Å². The number of hydrogen-bond acceptors (Lipinski definition) is 0. The molecule has 0 bridgehead atoms. The molecule has 0 heterocycles. The van der Waals surface area contributed by atoms with E-state index in [1.54, 1.807) is 9.84 Å². The van der Waals surface area contributed by atoms with E-state index < -0.39 is 0 Å². The fourth-order valence-corrected chi connectivity index (χ4v) is 18.5. The van der Waals surface area contributed by atoms with Gasteiger partial charge in [0.2, 0.25) is 0 Å². The Morgan fingerprint density at radius 1 is 0.217 bits per heavy atom. The first-order valence-corrected chi connectivity index (χ1v) is 43.7. The second-order valence-electron chi connectivity index (χ2n) is 32.4. The van der Waals surface area contributed by atoms with Gasteiger partial charge in [0.05, 0.1) is 1.28 Å². The van der Waals surface area contributed by atoms with Crippen LogP contribution in [0.2, 0.25) is 0 Å². The van der Waals surface area contributed by atoms with E-state index in [9.17, 15) is 0 Å². The van der Waals surface area contributed by atoms with Gasteiger partial charge in [0.15, 0.2) is 0 Å². The molecule has 129 heavy (non-hydrogen) atoms. The molecule has 1 unspecified atom stereocenters. The number of benzene rings is 23. The van der Waals surface area contributed by atoms with Gasteiger partial charge in [-0.2, -0.15) is 9.84 Å². The third kappa shape index (κ3) is 19.0. The van der Waals surface area contributed by atoms with Gasteiger partial charge in [0.25, 0.3) is 0 Å². The van der Waals surface area contributed by atoms with E-state index >= 15 is 0 Å². The van der Waals surface area contributed by atoms with Crippen LogP contribution in [0.1, 0.15) is 39.3 Å². The number of hydrogen-bond donors (Lipinski definition) is 0. The van der Waals surface area contributed by atoms with Crippen LogP contribution in [0, 0.1) is 0 Å². The van der Waals surface area contributed by atoms with Crippen molar-refractivity contribution in [3.63, 3.8) is 0 Å². The molecule has 0 amide bonds. The molecule has 0 spiro atoms. The molecule has 23 aromatic rings. The van der Waals surface area contributed by atoms with Crippen molar-refractivity contribution < 1.29 is 18.6 Å². The van der Waals surface area contributed by atoms with Crippen molar-refractivity contribution in [3.05, 3.63) is 555 Å². The molecule has 0 aliphatic rings. The van der Waals surface area contributed by atoms with E-state index in [-0.39, 0.29) is 44.8 Å². The summed E-state index contributed by atoms with van der Waals surface area (Å²) in [5, 5.41) is 18.2. The van der Waals surface area contributed by atoms with Gasteiger partial charge in [0, 0.05) is 24.5 Å². The maximum absolute atomic E-state index is 5.67. The topological polar surface area (TPSA) is 0 Å². The van der Waals surface area contributed by atoms with Crippen molar-refractivity contribution in [2.24, 2.45) is 0 Å². The van der Waals surface area contributed by atoms with E-state index in [1.165, 1.54) is 203 Å². The minimum Gasteiger partial charge on any atom is -0.0622 e. The molecule has 0 fully saturated rings. The van der Waals surface area contributed by atoms with Crippen LogP contribution in [-0.2, 0) is 25.0 Å². The van der Waals surface area contributed by atoms with Crippen LogP contribution in [0.15, 0.2) is 522 Å². The van der Waals surface area contributed by atoms with Crippen molar-refractivity contribution >= 4 is 123 Å². The van der Waals surface area contributed by atoms with Crippen molar-refractivity contribution in [2.45, 2.75) is 12.3 Å². The molecule has 0 nitrogen and oxygen atoms in total. The molecule has 0 saturated heterocycles. The summed E-state index contributed by atoms with van der Waals surface area (Å²) in [5.41, 5.74) is 29.1. The maximum Gasteiger partial charge on any atom is 0 e. The summed E-state index contributed by atoms with van der Waals surface area (Å²) in [7, 11) is 1.67. The first kappa shape index (κ1) is 85.6. The molecule has 23 aromatic carbocycles. The van der Waals surface area contributed by atoms with Crippen LogP contribution in [0.5, 0.6) is 0 Å². The predicted octanol–water partition coefficient (Wildman–Crippen LogP) is 33.7. The Balaban J connectivity index is 0.000000124. The maximum atomic E-state index is 5.67. The molecule has 0 aromatic heterocycles. The smallest absolute Gasteiger partial charge is 0 e. The molecule has 0 aliphatic carbocycles. The standard InChI is InChI=1S/C40H26.C40H32.C28H18.C18H14.Bi.H3P.V.2H/c1-5-13-27(14-6-1)35-25-36(28-15-7-2-8-16-28)32-23-24-34-38(30-19-11-4-12-20-30)26-37(29-17-9-3-10-18-29)33-22-21-31(35)39(32)40(33)34;1-5-13-35(14-6-1)39(36-15-7-2-8-16-36)29-31-21-25-33(26-22-31)34-27-23-32(24-28-34)30-40(37-17-9-3-10-18-37)38-19-11-4-12-20-38;1-5-13-23-19(9-1)17-20-10-2-6-14-24(20)27(23)28-25-15-7-3-11-21(25)18-22-12-4-8-16-26(22)28;1-3-7-15(8-4-1)17-11-13-18(14-12-17)16-9-5-2-6-10-16;;;;;/h1-26H;1-29,40H,30H2;1-18H;1-14H;;1H3;;;/i;;;;;1D;;;. The van der Waals surface area contributed by atoms with Crippen molar-refractivity contribution in [1.29, 1.82) is 1.28 Å². The Hall–Kier alpha value is -14.2. The Morgan fingerprint density at radius 3 is 0.729 bits per heavy atom. The van der Waals surface area contributed by atoms with Crippen LogP contribution in [-0.4, -0.2) is 27.5 Å². The zero-order valence-corrected chi connectivity index (χ0v) is 78.7. The first-order chi connectivity index (χ1) is 63.5. The monoisotopic (exact) mass is 1900 g/mol. The van der Waals surface area contributed by atoms with Crippen molar-refractivity contribution in [2.75, 3.05) is 0 Å². The molecule has 1 atom stereocenters. The Morgan fingerprint density at radius 2 is 0.442 bits per heavy atom. The van der Waals surface area contributed by atoms with Crippen LogP contribution in [0.25, 0.3) is 176 Å². The molecular formula is C126H95BiPV. The molecular weight excluding hydrogens is 1800 g/mol. The van der Waals surface area contributed by atoms with Gasteiger partial charge < -0.3 is 0 Å². The minimum absolute atomic E-state index is 0. The van der Waals surface area contributed by atoms with E-state index in [0.717, 1.165) is 6.42 Å². The third-order valence-electron chi connectivity index (χ3n) is 24.7. The average molecular weight is 1900 g/mol. The summed E-state index contributed by atoms with van der Waals surface area (Å²) in [6, 6.07) is 188. The average Bonchev–Trinajstić information content (AvgIpc) is 0.708. The summed E-state index contributed by atoms with van der Waals surface area (Å²) < 4.78 is 5.67. The summed E-state index contributed by atoms with van der Waals surface area (Å²) in [6.07, 6.45) is 3.25. The van der Waals surface area contributed by atoms with E-state index in [0.29, 0.717) is 5.92 Å². The summed E-state index contributed by atoms with van der Waals surface area (Å²) >= 11 is 0. The number of fused-ring (bicyclic) bond motifs is 4. The van der Waals surface area contributed by atoms with Gasteiger partial charge in [-0.25, -0.2) is 0 Å². The zero-order chi connectivity index (χ0) is 86.2. The minimum atomic E-state index is 0. The summed E-state index contributed by atoms with van der Waals surface area (Å²) in [6.45, 7) is 0. The summed E-state index contributed by atoms with van der Waals surface area (Å²) in [5.74, 6) is 0.336. The van der Waals surface area contributed by atoms with Crippen LogP contribution in [0.4, 0.5) is 0 Å². The molecule has 614 valence electrons. The molecule has 2 radical (unpaired) electrons. The fraction of sp³-hybridized carbons (Fsp3) is 0.0159. The van der Waals surface area contributed by atoms with E-state index in [4.69, 9.17) is 1.28 Å². The first-order valence-electron chi connectivity index (χ1n) is 44.3. The largest absolute Gasteiger partial charge is 0.0622 e. The predicted molar refractivity (Wildman–Crippen MR) is 561 cm³/mol. The van der Waals surface area contributed by atoms with Crippen LogP contribution < -0.4 is 0 Å². The fourth-order valence-electron chi connectivity index (χ4n) is 18.5. The molecule has 0 N–H and O–H groups in total. The second kappa shape index (κ2) is 41.0. The van der Waals surface area contributed by atoms with Gasteiger partial charge >= 0.3 is 26.2 Å². The second-order valence-corrected chi connectivity index (χ2v) is 32.4. The third-order valence-corrected chi connectivity index (χ3v) is 24.7. The quantitative estimate of drug-likeness (QED) is 0.0315. The van der Waals surface area contributed by atoms with Crippen molar-refractivity contribution in [3.8, 4) is 89.0 Å². The van der Waals surface area contributed by atoms with Crippen LogP contribution in [0.3, 0.4) is 0 Å². The molecule has 23 rings (SSSR count). The van der Waals surface area contributed by atoms with Crippen LogP contribution >= 0.6 is 9.84 Å². The van der Waals surface area contributed by atoms with Gasteiger partial charge in [-0.15, -0.1) is 0 Å². The van der Waals surface area contributed by atoms with E-state index in [2.05, 4.69) is 516 Å². The molecule has 0 saturated carbocycles. The van der Waals surface area contributed by atoms with E-state index in [1.807, 2.05) is 12.1 Å². The van der Waals surface area contributed by atoms with Gasteiger partial charge in [-0.3, -0.25) is 0 Å². The van der Waals surface area contributed by atoms with Gasteiger partial charge in [-0.05, 0) is 240 Å². The normalized spacial score (nSPS) is 10.9. The Kier molecular flexibility index (Phi) is 27.2. The molecule has 0 aliphatic heterocycles. The summed E-state index contributed by atoms with van der Waals surface area (Å²) in [4.78, 5) is 0. The van der Waals surface area contributed by atoms with Gasteiger partial charge in [-0.1, -0.05) is 497 Å². The Labute approximate surface area is 792 Å². The number of rotatable bonds is 15. The van der Waals surface area contributed by atoms with Crippen molar-refractivity contribution in [1.82, 2.24) is 0 Å².